The van der Waals surface area contributed by atoms with Gasteiger partial charge in [-0.25, -0.2) is 14.8 Å². The van der Waals surface area contributed by atoms with Gasteiger partial charge < -0.3 is 5.11 Å². The molecule has 0 aliphatic heterocycles. The highest BCUT2D eigenvalue weighted by Crippen LogP contribution is 2.32. The van der Waals surface area contributed by atoms with Gasteiger partial charge in [0, 0.05) is 17.3 Å². The second kappa shape index (κ2) is 4.67. The van der Waals surface area contributed by atoms with Crippen LogP contribution in [0.15, 0.2) is 39.1 Å². The highest BCUT2D eigenvalue weighted by Gasteiger charge is 2.20. The van der Waals surface area contributed by atoms with Crippen molar-refractivity contribution in [2.24, 2.45) is 0 Å². The zero-order chi connectivity index (χ0) is 13.4. The Hall–Kier alpha value is -1.86. The van der Waals surface area contributed by atoms with E-state index in [2.05, 4.69) is 9.97 Å². The number of nitrogens with zero attached hydrogens (tertiary/aromatic N) is 3. The van der Waals surface area contributed by atoms with E-state index in [9.17, 15) is 9.90 Å². The molecule has 0 saturated carbocycles. The summed E-state index contributed by atoms with van der Waals surface area (Å²) in [6.45, 7) is 1.91. The zero-order valence-corrected chi connectivity index (χ0v) is 11.5. The highest BCUT2D eigenvalue weighted by molar-refractivity contribution is 8.01. The summed E-state index contributed by atoms with van der Waals surface area (Å²) in [5, 5.41) is 11.7. The lowest BCUT2D eigenvalue weighted by Crippen LogP contribution is -2.02. The van der Waals surface area contributed by atoms with Gasteiger partial charge in [0.05, 0.1) is 0 Å². The lowest BCUT2D eigenvalue weighted by atomic mass is 10.4. The molecule has 0 fully saturated rings. The first kappa shape index (κ1) is 12.2. The summed E-state index contributed by atoms with van der Waals surface area (Å²) in [6, 6.07) is 5.39. The van der Waals surface area contributed by atoms with Crippen LogP contribution < -0.4 is 0 Å². The molecule has 0 aliphatic carbocycles. The number of carboxylic acids is 1. The SMILES string of the molecule is Cc1csc(Sc2nc3ccccn3c2C(=O)O)n1. The Morgan fingerprint density at radius 3 is 2.95 bits per heavy atom. The van der Waals surface area contributed by atoms with E-state index in [1.165, 1.54) is 23.1 Å². The summed E-state index contributed by atoms with van der Waals surface area (Å²) in [7, 11) is 0. The maximum atomic E-state index is 11.4. The van der Waals surface area contributed by atoms with Crippen molar-refractivity contribution >= 4 is 34.7 Å². The van der Waals surface area contributed by atoms with Crippen LogP contribution in [0, 0.1) is 6.92 Å². The van der Waals surface area contributed by atoms with E-state index in [1.807, 2.05) is 18.4 Å². The minimum absolute atomic E-state index is 0.174. The van der Waals surface area contributed by atoms with Crippen molar-refractivity contribution in [3.05, 3.63) is 41.2 Å². The van der Waals surface area contributed by atoms with Crippen LogP contribution in [0.1, 0.15) is 16.2 Å². The summed E-state index contributed by atoms with van der Waals surface area (Å²) < 4.78 is 2.37. The van der Waals surface area contributed by atoms with Gasteiger partial charge in [-0.2, -0.15) is 0 Å². The van der Waals surface area contributed by atoms with Crippen LogP contribution in [0.4, 0.5) is 0 Å². The topological polar surface area (TPSA) is 67.5 Å². The van der Waals surface area contributed by atoms with Gasteiger partial charge in [0.1, 0.15) is 10.7 Å². The summed E-state index contributed by atoms with van der Waals surface area (Å²) >= 11 is 2.77. The number of pyridine rings is 1. The van der Waals surface area contributed by atoms with Crippen LogP contribution in [-0.2, 0) is 0 Å². The quantitative estimate of drug-likeness (QED) is 0.803. The number of hydrogen-bond acceptors (Lipinski definition) is 5. The van der Waals surface area contributed by atoms with Gasteiger partial charge in [-0.3, -0.25) is 4.40 Å². The molecule has 0 radical (unpaired) electrons. The number of aryl methyl sites for hydroxylation is 1. The molecular weight excluding hydrogens is 282 g/mol. The summed E-state index contributed by atoms with van der Waals surface area (Å²) in [4.78, 5) is 20.1. The van der Waals surface area contributed by atoms with Crippen molar-refractivity contribution < 1.29 is 9.90 Å². The zero-order valence-electron chi connectivity index (χ0n) is 9.90. The van der Waals surface area contributed by atoms with Crippen LogP contribution in [0.3, 0.4) is 0 Å². The Morgan fingerprint density at radius 1 is 1.42 bits per heavy atom. The van der Waals surface area contributed by atoms with Crippen LogP contribution in [0.2, 0.25) is 0 Å². The molecule has 3 heterocycles. The van der Waals surface area contributed by atoms with E-state index in [4.69, 9.17) is 0 Å². The van der Waals surface area contributed by atoms with Crippen molar-refractivity contribution in [2.75, 3.05) is 0 Å². The minimum Gasteiger partial charge on any atom is -0.476 e. The molecule has 0 amide bonds. The van der Waals surface area contributed by atoms with Gasteiger partial charge in [-0.15, -0.1) is 11.3 Å². The predicted molar refractivity (Wildman–Crippen MR) is 73.1 cm³/mol. The largest absolute Gasteiger partial charge is 0.476 e. The van der Waals surface area contributed by atoms with E-state index >= 15 is 0 Å². The minimum atomic E-state index is -0.991. The Morgan fingerprint density at radius 2 is 2.26 bits per heavy atom. The lowest BCUT2D eigenvalue weighted by Gasteiger charge is -1.97. The van der Waals surface area contributed by atoms with Gasteiger partial charge in [0.2, 0.25) is 0 Å². The summed E-state index contributed by atoms with van der Waals surface area (Å²) in [6.07, 6.45) is 1.70. The smallest absolute Gasteiger partial charge is 0.355 e. The monoisotopic (exact) mass is 291 g/mol. The van der Waals surface area contributed by atoms with Gasteiger partial charge in [-0.1, -0.05) is 6.07 Å². The first-order valence-corrected chi connectivity index (χ1v) is 7.15. The van der Waals surface area contributed by atoms with Crippen LogP contribution >= 0.6 is 23.1 Å². The molecule has 0 spiro atoms. The number of imidazole rings is 1. The molecule has 96 valence electrons. The molecule has 0 aromatic carbocycles. The standard InChI is InChI=1S/C12H9N3O2S2/c1-7-6-18-12(13-7)19-10-9(11(16)17)15-5-3-2-4-8(15)14-10/h2-6H,1H3,(H,16,17). The fraction of sp³-hybridized carbons (Fsp3) is 0.0833. The number of aromatic nitrogens is 3. The van der Waals surface area contributed by atoms with E-state index in [0.29, 0.717) is 10.7 Å². The molecular formula is C12H9N3O2S2. The number of aromatic carboxylic acids is 1. The maximum Gasteiger partial charge on any atom is 0.355 e. The first-order valence-electron chi connectivity index (χ1n) is 5.45. The fourth-order valence-electron chi connectivity index (χ4n) is 1.70. The molecule has 3 aromatic rings. The van der Waals surface area contributed by atoms with Crippen LogP contribution in [0.25, 0.3) is 5.65 Å². The number of hydrogen-bond donors (Lipinski definition) is 1. The Balaban J connectivity index is 2.12. The third-order valence-corrected chi connectivity index (χ3v) is 4.52. The first-order chi connectivity index (χ1) is 9.15. The average molecular weight is 291 g/mol. The predicted octanol–water partition coefficient (Wildman–Crippen LogP) is 2.95. The van der Waals surface area contributed by atoms with E-state index in [-0.39, 0.29) is 5.69 Å². The maximum absolute atomic E-state index is 11.4. The molecule has 3 rings (SSSR count). The van der Waals surface area contributed by atoms with Crippen molar-refractivity contribution in [1.29, 1.82) is 0 Å². The molecule has 0 atom stereocenters. The van der Waals surface area contributed by atoms with Gasteiger partial charge in [0.25, 0.3) is 0 Å². The van der Waals surface area contributed by atoms with Gasteiger partial charge in [0.15, 0.2) is 10.0 Å². The number of fused-ring (bicyclic) bond motifs is 1. The van der Waals surface area contributed by atoms with Gasteiger partial charge >= 0.3 is 5.97 Å². The number of carbonyl (C=O) groups is 1. The molecule has 7 heteroatoms. The molecule has 0 bridgehead atoms. The summed E-state index contributed by atoms with van der Waals surface area (Å²) in [5.41, 5.74) is 1.72. The van der Waals surface area contributed by atoms with E-state index in [0.717, 1.165) is 10.0 Å². The molecule has 5 nitrogen and oxygen atoms in total. The molecule has 0 unspecified atom stereocenters. The second-order valence-electron chi connectivity index (χ2n) is 3.86. The number of rotatable bonds is 3. The molecule has 19 heavy (non-hydrogen) atoms. The molecule has 0 saturated heterocycles. The summed E-state index contributed by atoms with van der Waals surface area (Å²) in [5.74, 6) is -0.991. The van der Waals surface area contributed by atoms with E-state index < -0.39 is 5.97 Å². The number of carboxylic acid groups (broad SMARTS) is 1. The number of thiazole rings is 1. The lowest BCUT2D eigenvalue weighted by molar-refractivity contribution is 0.0685. The van der Waals surface area contributed by atoms with Crippen molar-refractivity contribution in [3.63, 3.8) is 0 Å². The Labute approximate surface area is 116 Å². The molecule has 0 aliphatic rings. The molecule has 1 N–H and O–H groups in total. The Bertz CT molecular complexity index is 763. The van der Waals surface area contributed by atoms with Crippen LogP contribution in [-0.4, -0.2) is 25.4 Å². The van der Waals surface area contributed by atoms with Crippen molar-refractivity contribution in [1.82, 2.24) is 14.4 Å². The van der Waals surface area contributed by atoms with Crippen molar-refractivity contribution in [3.8, 4) is 0 Å². The second-order valence-corrected chi connectivity index (χ2v) is 5.95. The highest BCUT2D eigenvalue weighted by atomic mass is 32.2. The van der Waals surface area contributed by atoms with Gasteiger partial charge in [-0.05, 0) is 30.8 Å². The third-order valence-electron chi connectivity index (χ3n) is 2.48. The molecule has 3 aromatic heterocycles. The fourth-order valence-corrected chi connectivity index (χ4v) is 3.57. The third kappa shape index (κ3) is 2.22. The normalized spacial score (nSPS) is 11.0. The van der Waals surface area contributed by atoms with Crippen LogP contribution in [0.5, 0.6) is 0 Å². The average Bonchev–Trinajstić information content (AvgIpc) is 2.92. The Kier molecular flexibility index (Phi) is 3.00. The van der Waals surface area contributed by atoms with Crippen molar-refractivity contribution in [2.45, 2.75) is 16.3 Å². The van der Waals surface area contributed by atoms with E-state index in [1.54, 1.807) is 22.7 Å².